The van der Waals surface area contributed by atoms with E-state index in [-0.39, 0.29) is 5.24 Å². The van der Waals surface area contributed by atoms with E-state index in [9.17, 15) is 4.79 Å². The molecule has 1 aromatic heterocycles. The summed E-state index contributed by atoms with van der Waals surface area (Å²) in [4.78, 5) is 11.0. The van der Waals surface area contributed by atoms with Crippen molar-refractivity contribution in [2.75, 3.05) is 14.2 Å². The number of rotatable bonds is 8. The van der Waals surface area contributed by atoms with Crippen LogP contribution in [0.25, 0.3) is 22.2 Å². The number of hydrogen-bond donors (Lipinski definition) is 0. The van der Waals surface area contributed by atoms with Gasteiger partial charge in [0.05, 0.1) is 19.9 Å². The maximum absolute atomic E-state index is 11.0. The Balaban J connectivity index is 2.06. The van der Waals surface area contributed by atoms with E-state index in [4.69, 9.17) is 21.1 Å². The van der Waals surface area contributed by atoms with Crippen LogP contribution >= 0.6 is 11.6 Å². The first-order valence-electron chi connectivity index (χ1n) is 9.04. The van der Waals surface area contributed by atoms with Crippen LogP contribution in [0.4, 0.5) is 0 Å². The number of halogens is 1. The van der Waals surface area contributed by atoms with Crippen LogP contribution in [0.5, 0.6) is 11.5 Å². The fraction of sp³-hybridized carbons (Fsp3) is 0.318. The average molecular weight is 386 g/mol. The Morgan fingerprint density at radius 1 is 1.00 bits per heavy atom. The largest absolute Gasteiger partial charge is 0.497 e. The van der Waals surface area contributed by atoms with Crippen LogP contribution in [0.2, 0.25) is 0 Å². The minimum absolute atomic E-state index is 0.274. The number of methoxy groups -OCH3 is 2. The molecule has 0 saturated carbocycles. The van der Waals surface area contributed by atoms with Crippen LogP contribution in [0.1, 0.15) is 24.8 Å². The average Bonchev–Trinajstić information content (AvgIpc) is 2.96. The number of fused-ring (bicyclic) bond motifs is 1. The zero-order valence-corrected chi connectivity index (χ0v) is 16.7. The molecule has 0 radical (unpaired) electrons. The van der Waals surface area contributed by atoms with Gasteiger partial charge in [0, 0.05) is 23.9 Å². The molecule has 4 nitrogen and oxygen atoms in total. The Bertz CT molecular complexity index is 944. The molecular weight excluding hydrogens is 362 g/mol. The number of carbonyl (C=O) groups is 1. The molecule has 1 heterocycles. The summed E-state index contributed by atoms with van der Waals surface area (Å²) in [5.74, 6) is 1.68. The fourth-order valence-electron chi connectivity index (χ4n) is 3.52. The molecular formula is C22H24ClNO3. The fourth-order valence-corrected chi connectivity index (χ4v) is 3.65. The second kappa shape index (κ2) is 8.49. The molecule has 3 rings (SSSR count). The van der Waals surface area contributed by atoms with E-state index >= 15 is 0 Å². The Morgan fingerprint density at radius 2 is 1.67 bits per heavy atom. The molecule has 0 N–H and O–H groups in total. The van der Waals surface area contributed by atoms with Crippen molar-refractivity contribution in [3.8, 4) is 22.8 Å². The first kappa shape index (κ1) is 19.3. The summed E-state index contributed by atoms with van der Waals surface area (Å²) < 4.78 is 13.0. The van der Waals surface area contributed by atoms with Crippen molar-refractivity contribution in [2.45, 2.75) is 32.7 Å². The number of aryl methyl sites for hydroxylation is 2. The molecule has 3 aromatic rings. The van der Waals surface area contributed by atoms with Crippen molar-refractivity contribution in [2.24, 2.45) is 0 Å². The van der Waals surface area contributed by atoms with Gasteiger partial charge in [0.15, 0.2) is 0 Å². The summed E-state index contributed by atoms with van der Waals surface area (Å²) in [6.07, 6.45) is 2.07. The van der Waals surface area contributed by atoms with Gasteiger partial charge >= 0.3 is 0 Å². The Labute approximate surface area is 164 Å². The highest BCUT2D eigenvalue weighted by Crippen LogP contribution is 2.36. The zero-order chi connectivity index (χ0) is 19.4. The lowest BCUT2D eigenvalue weighted by atomic mass is 10.1. The summed E-state index contributed by atoms with van der Waals surface area (Å²) in [5.41, 5.74) is 4.69. The van der Waals surface area contributed by atoms with Crippen molar-refractivity contribution in [3.63, 3.8) is 0 Å². The topological polar surface area (TPSA) is 40.5 Å². The molecule has 0 amide bonds. The molecule has 0 bridgehead atoms. The highest BCUT2D eigenvalue weighted by molar-refractivity contribution is 6.63. The maximum Gasteiger partial charge on any atom is 0.221 e. The van der Waals surface area contributed by atoms with Gasteiger partial charge in [0.2, 0.25) is 5.24 Å². The third kappa shape index (κ3) is 4.11. The van der Waals surface area contributed by atoms with Crippen LogP contribution in [-0.2, 0) is 11.3 Å². The van der Waals surface area contributed by atoms with Crippen molar-refractivity contribution < 1.29 is 14.3 Å². The minimum Gasteiger partial charge on any atom is -0.497 e. The number of ether oxygens (including phenoxy) is 2. The minimum atomic E-state index is -0.274. The Morgan fingerprint density at radius 3 is 2.30 bits per heavy atom. The molecule has 0 unspecified atom stereocenters. The lowest BCUT2D eigenvalue weighted by Gasteiger charge is -2.12. The first-order valence-corrected chi connectivity index (χ1v) is 9.42. The van der Waals surface area contributed by atoms with Crippen molar-refractivity contribution >= 4 is 27.7 Å². The first-order chi connectivity index (χ1) is 13.0. The highest BCUT2D eigenvalue weighted by Gasteiger charge is 2.16. The zero-order valence-electron chi connectivity index (χ0n) is 15.9. The van der Waals surface area contributed by atoms with E-state index in [0.717, 1.165) is 42.0 Å². The van der Waals surface area contributed by atoms with Gasteiger partial charge in [-0.3, -0.25) is 4.79 Å². The van der Waals surface area contributed by atoms with E-state index in [1.807, 2.05) is 18.2 Å². The summed E-state index contributed by atoms with van der Waals surface area (Å²) in [6, 6.07) is 14.3. The number of nitrogens with zero attached hydrogens (tertiary/aromatic N) is 1. The molecule has 0 spiro atoms. The number of aromatic nitrogens is 1. The van der Waals surface area contributed by atoms with Crippen LogP contribution in [-0.4, -0.2) is 24.0 Å². The molecule has 5 heteroatoms. The van der Waals surface area contributed by atoms with Crippen molar-refractivity contribution in [1.82, 2.24) is 4.57 Å². The Kier molecular flexibility index (Phi) is 6.07. The second-order valence-electron chi connectivity index (χ2n) is 6.55. The van der Waals surface area contributed by atoms with Gasteiger partial charge in [-0.15, -0.1) is 0 Å². The molecule has 27 heavy (non-hydrogen) atoms. The van der Waals surface area contributed by atoms with Crippen molar-refractivity contribution in [3.05, 3.63) is 48.0 Å². The predicted octanol–water partition coefficient (Wildman–Crippen LogP) is 5.57. The normalized spacial score (nSPS) is 11.0. The molecule has 0 fully saturated rings. The van der Waals surface area contributed by atoms with E-state index in [2.05, 4.69) is 35.8 Å². The molecule has 0 aliphatic heterocycles. The summed E-state index contributed by atoms with van der Waals surface area (Å²) >= 11 is 5.48. The lowest BCUT2D eigenvalue weighted by molar-refractivity contribution is -0.111. The van der Waals surface area contributed by atoms with E-state index < -0.39 is 0 Å². The van der Waals surface area contributed by atoms with Gasteiger partial charge in [0.25, 0.3) is 0 Å². The summed E-state index contributed by atoms with van der Waals surface area (Å²) in [6.45, 7) is 2.96. The molecule has 0 aliphatic carbocycles. The van der Waals surface area contributed by atoms with Gasteiger partial charge < -0.3 is 14.0 Å². The van der Waals surface area contributed by atoms with Crippen LogP contribution in [0.3, 0.4) is 0 Å². The van der Waals surface area contributed by atoms with Gasteiger partial charge in [-0.05, 0) is 85.0 Å². The molecule has 0 saturated heterocycles. The number of benzene rings is 2. The lowest BCUT2D eigenvalue weighted by Crippen LogP contribution is -2.01. The maximum atomic E-state index is 11.0. The quantitative estimate of drug-likeness (QED) is 0.376. The molecule has 0 atom stereocenters. The van der Waals surface area contributed by atoms with Crippen molar-refractivity contribution in [1.29, 1.82) is 0 Å². The Hall–Kier alpha value is -2.46. The molecule has 142 valence electrons. The van der Waals surface area contributed by atoms with Crippen LogP contribution in [0.15, 0.2) is 42.5 Å². The number of unbranched alkanes of at least 4 members (excludes halogenated alkanes) is 1. The second-order valence-corrected chi connectivity index (χ2v) is 6.97. The van der Waals surface area contributed by atoms with Gasteiger partial charge in [-0.25, -0.2) is 0 Å². The standard InChI is InChI=1S/C22H24ClNO3/c1-15-19-14-18(27-3)11-12-20(19)24(13-5-4-6-21(23)25)22(15)16-7-9-17(26-2)10-8-16/h7-12,14H,4-6,13H2,1-3H3. The number of hydrogen-bond acceptors (Lipinski definition) is 3. The van der Waals surface area contributed by atoms with Gasteiger partial charge in [-0.1, -0.05) is 0 Å². The third-order valence-electron chi connectivity index (χ3n) is 4.89. The molecule has 0 aliphatic rings. The van der Waals surface area contributed by atoms with Crippen LogP contribution < -0.4 is 9.47 Å². The van der Waals surface area contributed by atoms with E-state index in [0.29, 0.717) is 6.42 Å². The monoisotopic (exact) mass is 385 g/mol. The molecule has 2 aromatic carbocycles. The van der Waals surface area contributed by atoms with Gasteiger partial charge in [0.1, 0.15) is 11.5 Å². The SMILES string of the molecule is COc1ccc(-c2c(C)c3cc(OC)ccc3n2CCCCC(=O)Cl)cc1. The summed E-state index contributed by atoms with van der Waals surface area (Å²) in [5, 5.41) is 0.900. The predicted molar refractivity (Wildman–Crippen MR) is 110 cm³/mol. The van der Waals surface area contributed by atoms with Gasteiger partial charge in [-0.2, -0.15) is 0 Å². The summed E-state index contributed by atoms with van der Waals surface area (Å²) in [7, 11) is 3.35. The smallest absolute Gasteiger partial charge is 0.221 e. The number of carbonyl (C=O) groups excluding carboxylic acids is 1. The highest BCUT2D eigenvalue weighted by atomic mass is 35.5. The van der Waals surface area contributed by atoms with Crippen LogP contribution in [0, 0.1) is 6.92 Å². The van der Waals surface area contributed by atoms with E-state index in [1.165, 1.54) is 16.6 Å². The van der Waals surface area contributed by atoms with E-state index in [1.54, 1.807) is 14.2 Å². The third-order valence-corrected chi connectivity index (χ3v) is 5.08.